The van der Waals surface area contributed by atoms with Crippen molar-refractivity contribution in [2.24, 2.45) is 0 Å². The second kappa shape index (κ2) is 6.45. The normalized spacial score (nSPS) is 15.2. The minimum Gasteiger partial charge on any atom is -0.497 e. The van der Waals surface area contributed by atoms with E-state index in [-0.39, 0.29) is 5.91 Å². The molecule has 4 heteroatoms. The summed E-state index contributed by atoms with van der Waals surface area (Å²) in [6, 6.07) is 5.83. The summed E-state index contributed by atoms with van der Waals surface area (Å²) >= 11 is 0. The van der Waals surface area contributed by atoms with Gasteiger partial charge in [-0.25, -0.2) is 0 Å². The Morgan fingerprint density at radius 2 is 2.05 bits per heavy atom. The van der Waals surface area contributed by atoms with Crippen LogP contribution in [0.25, 0.3) is 0 Å². The van der Waals surface area contributed by atoms with Crippen LogP contribution in [0.2, 0.25) is 0 Å². The molecular weight excluding hydrogens is 240 g/mol. The third-order valence-corrected chi connectivity index (χ3v) is 3.57. The zero-order valence-electron chi connectivity index (χ0n) is 11.7. The highest BCUT2D eigenvalue weighted by Crippen LogP contribution is 2.20. The highest BCUT2D eigenvalue weighted by molar-refractivity contribution is 5.81. The van der Waals surface area contributed by atoms with E-state index >= 15 is 0 Å². The molecule has 104 valence electrons. The predicted octanol–water partition coefficient (Wildman–Crippen LogP) is 2.43. The van der Waals surface area contributed by atoms with Gasteiger partial charge in [0.2, 0.25) is 5.91 Å². The van der Waals surface area contributed by atoms with Gasteiger partial charge in [0, 0.05) is 18.8 Å². The maximum absolute atomic E-state index is 12.0. The number of carbonyl (C=O) groups is 1. The first-order valence-corrected chi connectivity index (χ1v) is 6.87. The molecule has 0 spiro atoms. The molecule has 0 aliphatic carbocycles. The molecular formula is C15H22N2O2. The number of hydrogen-bond donors (Lipinski definition) is 1. The van der Waals surface area contributed by atoms with Crippen LogP contribution >= 0.6 is 0 Å². The standard InChI is InChI=1S/C15H22N2O2/c1-12-10-13(19-2)6-7-14(12)16-11-15(18)17-8-4-3-5-9-17/h6-7,10,16H,3-5,8-9,11H2,1-2H3. The summed E-state index contributed by atoms with van der Waals surface area (Å²) in [5.74, 6) is 1.03. The fourth-order valence-electron chi connectivity index (χ4n) is 2.39. The minimum atomic E-state index is 0.190. The van der Waals surface area contributed by atoms with E-state index in [0.29, 0.717) is 6.54 Å². The molecule has 0 bridgehead atoms. The lowest BCUT2D eigenvalue weighted by molar-refractivity contribution is -0.130. The van der Waals surface area contributed by atoms with Crippen molar-refractivity contribution < 1.29 is 9.53 Å². The molecule has 1 N–H and O–H groups in total. The Hall–Kier alpha value is -1.71. The zero-order valence-corrected chi connectivity index (χ0v) is 11.7. The first-order valence-electron chi connectivity index (χ1n) is 6.87. The SMILES string of the molecule is COc1ccc(NCC(=O)N2CCCCC2)c(C)c1. The van der Waals surface area contributed by atoms with Gasteiger partial charge in [-0.3, -0.25) is 4.79 Å². The first-order chi connectivity index (χ1) is 9.20. The second-order valence-electron chi connectivity index (χ2n) is 4.98. The van der Waals surface area contributed by atoms with E-state index in [1.807, 2.05) is 30.0 Å². The Morgan fingerprint density at radius 1 is 1.32 bits per heavy atom. The monoisotopic (exact) mass is 262 g/mol. The van der Waals surface area contributed by atoms with Crippen molar-refractivity contribution >= 4 is 11.6 Å². The number of piperidine rings is 1. The smallest absolute Gasteiger partial charge is 0.241 e. The summed E-state index contributed by atoms with van der Waals surface area (Å²) in [6.45, 7) is 4.19. The molecule has 1 amide bonds. The molecule has 1 aromatic rings. The fraction of sp³-hybridized carbons (Fsp3) is 0.533. The number of hydrogen-bond acceptors (Lipinski definition) is 3. The fourth-order valence-corrected chi connectivity index (χ4v) is 2.39. The van der Waals surface area contributed by atoms with Crippen LogP contribution in [-0.2, 0) is 4.79 Å². The van der Waals surface area contributed by atoms with Crippen LogP contribution in [0.3, 0.4) is 0 Å². The van der Waals surface area contributed by atoms with E-state index in [1.54, 1.807) is 7.11 Å². The maximum Gasteiger partial charge on any atom is 0.241 e. The van der Waals surface area contributed by atoms with E-state index in [1.165, 1.54) is 6.42 Å². The molecule has 0 saturated carbocycles. The van der Waals surface area contributed by atoms with Gasteiger partial charge in [-0.05, 0) is 49.9 Å². The van der Waals surface area contributed by atoms with E-state index in [0.717, 1.165) is 42.9 Å². The molecule has 0 unspecified atom stereocenters. The molecule has 0 radical (unpaired) electrons. The molecule has 1 heterocycles. The average molecular weight is 262 g/mol. The third-order valence-electron chi connectivity index (χ3n) is 3.57. The van der Waals surface area contributed by atoms with Crippen molar-refractivity contribution in [1.82, 2.24) is 4.90 Å². The van der Waals surface area contributed by atoms with Gasteiger partial charge < -0.3 is 15.0 Å². The second-order valence-corrected chi connectivity index (χ2v) is 4.98. The van der Waals surface area contributed by atoms with Crippen LogP contribution in [0.4, 0.5) is 5.69 Å². The molecule has 1 aliphatic heterocycles. The molecule has 0 aromatic heterocycles. The van der Waals surface area contributed by atoms with Gasteiger partial charge in [0.15, 0.2) is 0 Å². The van der Waals surface area contributed by atoms with E-state index in [2.05, 4.69) is 5.32 Å². The molecule has 2 rings (SSSR count). The highest BCUT2D eigenvalue weighted by atomic mass is 16.5. The van der Waals surface area contributed by atoms with E-state index in [9.17, 15) is 4.79 Å². The minimum absolute atomic E-state index is 0.190. The number of ether oxygens (including phenoxy) is 1. The van der Waals surface area contributed by atoms with Gasteiger partial charge in [-0.15, -0.1) is 0 Å². The number of methoxy groups -OCH3 is 1. The van der Waals surface area contributed by atoms with E-state index in [4.69, 9.17) is 4.74 Å². The topological polar surface area (TPSA) is 41.6 Å². The molecule has 4 nitrogen and oxygen atoms in total. The van der Waals surface area contributed by atoms with Gasteiger partial charge in [0.1, 0.15) is 5.75 Å². The largest absolute Gasteiger partial charge is 0.497 e. The van der Waals surface area contributed by atoms with Crippen molar-refractivity contribution in [3.63, 3.8) is 0 Å². The lowest BCUT2D eigenvalue weighted by atomic mass is 10.1. The number of nitrogens with zero attached hydrogens (tertiary/aromatic N) is 1. The Labute approximate surface area is 114 Å². The number of amides is 1. The zero-order chi connectivity index (χ0) is 13.7. The number of nitrogens with one attached hydrogen (secondary N) is 1. The van der Waals surface area contributed by atoms with Crippen molar-refractivity contribution in [3.8, 4) is 5.75 Å². The van der Waals surface area contributed by atoms with Gasteiger partial charge in [-0.2, -0.15) is 0 Å². The summed E-state index contributed by atoms with van der Waals surface area (Å²) in [5.41, 5.74) is 2.08. The molecule has 19 heavy (non-hydrogen) atoms. The highest BCUT2D eigenvalue weighted by Gasteiger charge is 2.16. The number of rotatable bonds is 4. The Bertz CT molecular complexity index is 440. The van der Waals surface area contributed by atoms with Gasteiger partial charge in [0.05, 0.1) is 13.7 Å². The van der Waals surface area contributed by atoms with Crippen molar-refractivity contribution in [2.45, 2.75) is 26.2 Å². The van der Waals surface area contributed by atoms with E-state index < -0.39 is 0 Å². The first kappa shape index (κ1) is 13.7. The maximum atomic E-state index is 12.0. The number of aryl methyl sites for hydroxylation is 1. The summed E-state index contributed by atoms with van der Waals surface area (Å²) < 4.78 is 5.17. The van der Waals surface area contributed by atoms with Crippen LogP contribution in [0.15, 0.2) is 18.2 Å². The number of carbonyl (C=O) groups excluding carboxylic acids is 1. The van der Waals surface area contributed by atoms with Crippen LogP contribution in [0.5, 0.6) is 5.75 Å². The Balaban J connectivity index is 1.89. The quantitative estimate of drug-likeness (QED) is 0.906. The van der Waals surface area contributed by atoms with Crippen LogP contribution in [-0.4, -0.2) is 37.6 Å². The Morgan fingerprint density at radius 3 is 2.68 bits per heavy atom. The molecule has 1 fully saturated rings. The molecule has 1 aromatic carbocycles. The van der Waals surface area contributed by atoms with Gasteiger partial charge in [0.25, 0.3) is 0 Å². The number of likely N-dealkylation sites (tertiary alicyclic amines) is 1. The lowest BCUT2D eigenvalue weighted by Crippen LogP contribution is -2.39. The Kier molecular flexibility index (Phi) is 4.66. The number of benzene rings is 1. The van der Waals surface area contributed by atoms with Crippen molar-refractivity contribution in [2.75, 3.05) is 32.1 Å². The van der Waals surface area contributed by atoms with Crippen molar-refractivity contribution in [1.29, 1.82) is 0 Å². The summed E-state index contributed by atoms with van der Waals surface area (Å²) in [7, 11) is 1.65. The number of anilines is 1. The van der Waals surface area contributed by atoms with Gasteiger partial charge in [-0.1, -0.05) is 0 Å². The summed E-state index contributed by atoms with van der Waals surface area (Å²) in [5, 5.41) is 3.21. The molecule has 0 atom stereocenters. The average Bonchev–Trinajstić information content (AvgIpc) is 2.46. The van der Waals surface area contributed by atoms with Crippen LogP contribution in [0.1, 0.15) is 24.8 Å². The molecule has 1 aliphatic rings. The third kappa shape index (κ3) is 3.63. The van der Waals surface area contributed by atoms with Crippen molar-refractivity contribution in [3.05, 3.63) is 23.8 Å². The molecule has 1 saturated heterocycles. The van der Waals surface area contributed by atoms with Gasteiger partial charge >= 0.3 is 0 Å². The lowest BCUT2D eigenvalue weighted by Gasteiger charge is -2.27. The van der Waals surface area contributed by atoms with Crippen LogP contribution < -0.4 is 10.1 Å². The summed E-state index contributed by atoms with van der Waals surface area (Å²) in [4.78, 5) is 14.0. The predicted molar refractivity (Wildman–Crippen MR) is 76.7 cm³/mol. The van der Waals surface area contributed by atoms with Crippen LogP contribution in [0, 0.1) is 6.92 Å². The summed E-state index contributed by atoms with van der Waals surface area (Å²) in [6.07, 6.45) is 3.51.